The molecule has 0 fully saturated rings. The molecule has 0 atom stereocenters. The van der Waals surface area contributed by atoms with Crippen molar-refractivity contribution in [1.29, 1.82) is 0 Å². The summed E-state index contributed by atoms with van der Waals surface area (Å²) in [5, 5.41) is 0. The standard InChI is InChI=1S/C2H6N2O.H3O3PS/c1-2(5)4-3;1-4(2,3)5/h3H2,1H3,(H,4,5);(H3,1,2,3,5). The zero-order valence-electron chi connectivity index (χ0n) is 5.18. The van der Waals surface area contributed by atoms with Crippen molar-refractivity contribution in [3.63, 3.8) is 0 Å². The summed E-state index contributed by atoms with van der Waals surface area (Å²) in [6.07, 6.45) is 0. The first kappa shape index (κ1) is 12.6. The SMILES string of the molecule is CC(=O)NN.OP(O)(O)=S. The summed E-state index contributed by atoms with van der Waals surface area (Å²) in [6.45, 7) is -2.46. The number of hydrogen-bond donors (Lipinski definition) is 5. The minimum atomic E-state index is -3.81. The largest absolute Gasteiger partial charge is 0.325 e. The van der Waals surface area contributed by atoms with Crippen LogP contribution < -0.4 is 11.3 Å². The fraction of sp³-hybridized carbons (Fsp3) is 0.500. The van der Waals surface area contributed by atoms with Gasteiger partial charge in [0, 0.05) is 6.92 Å². The minimum Gasteiger partial charge on any atom is -0.325 e. The van der Waals surface area contributed by atoms with Crippen LogP contribution >= 0.6 is 6.72 Å². The number of carbonyl (C=O) groups is 1. The Kier molecular flexibility index (Phi) is 7.22. The molecule has 0 heterocycles. The molecule has 0 radical (unpaired) electrons. The number of amides is 1. The van der Waals surface area contributed by atoms with Crippen molar-refractivity contribution < 1.29 is 19.5 Å². The van der Waals surface area contributed by atoms with Gasteiger partial charge in [-0.25, -0.2) is 5.84 Å². The van der Waals surface area contributed by atoms with Gasteiger partial charge in [-0.2, -0.15) is 0 Å². The van der Waals surface area contributed by atoms with Gasteiger partial charge >= 0.3 is 6.72 Å². The van der Waals surface area contributed by atoms with Crippen LogP contribution in [-0.4, -0.2) is 20.6 Å². The molecule has 0 aliphatic rings. The average molecular weight is 188 g/mol. The van der Waals surface area contributed by atoms with Crippen molar-refractivity contribution in [2.45, 2.75) is 6.92 Å². The lowest BCUT2D eigenvalue weighted by Crippen LogP contribution is -2.26. The molecule has 1 amide bonds. The Morgan fingerprint density at radius 1 is 1.60 bits per heavy atom. The number of rotatable bonds is 0. The van der Waals surface area contributed by atoms with Crippen molar-refractivity contribution in [3.05, 3.63) is 0 Å². The molecule has 62 valence electrons. The number of nitrogens with one attached hydrogen (secondary N) is 1. The van der Waals surface area contributed by atoms with E-state index in [1.807, 2.05) is 5.43 Å². The summed E-state index contributed by atoms with van der Waals surface area (Å²) in [4.78, 5) is 32.2. The molecule has 6 nitrogen and oxygen atoms in total. The summed E-state index contributed by atoms with van der Waals surface area (Å²) in [7, 11) is 0. The number of hydrazine groups is 1. The Hall–Kier alpha value is -0.0400. The number of carbonyl (C=O) groups excluding carboxylic acids is 1. The maximum atomic E-state index is 9.58. The first-order chi connectivity index (χ1) is 4.27. The molecule has 0 aromatic rings. The van der Waals surface area contributed by atoms with Crippen molar-refractivity contribution >= 4 is 24.4 Å². The van der Waals surface area contributed by atoms with Crippen molar-refractivity contribution in [3.8, 4) is 0 Å². The van der Waals surface area contributed by atoms with Crippen LogP contribution in [0.5, 0.6) is 0 Å². The van der Waals surface area contributed by atoms with Crippen molar-refractivity contribution in [2.75, 3.05) is 0 Å². The van der Waals surface area contributed by atoms with Crippen LogP contribution in [0.2, 0.25) is 0 Å². The fourth-order valence-corrected chi connectivity index (χ4v) is 0. The average Bonchev–Trinajstić information content (AvgIpc) is 1.61. The van der Waals surface area contributed by atoms with E-state index in [4.69, 9.17) is 14.7 Å². The number of hydrogen-bond acceptors (Lipinski definition) is 3. The first-order valence-electron chi connectivity index (χ1n) is 2.03. The van der Waals surface area contributed by atoms with Crippen LogP contribution in [0, 0.1) is 0 Å². The maximum absolute atomic E-state index is 9.58. The van der Waals surface area contributed by atoms with Crippen LogP contribution in [0.1, 0.15) is 6.92 Å². The highest BCUT2D eigenvalue weighted by Gasteiger charge is 1.92. The topological polar surface area (TPSA) is 116 Å². The molecule has 0 aromatic carbocycles. The van der Waals surface area contributed by atoms with Crippen molar-refractivity contribution in [2.24, 2.45) is 5.84 Å². The lowest BCUT2D eigenvalue weighted by atomic mass is 10.8. The summed E-state index contributed by atoms with van der Waals surface area (Å²) < 4.78 is 0. The molecule has 0 saturated carbocycles. The smallest absolute Gasteiger partial charge is 0.319 e. The summed E-state index contributed by atoms with van der Waals surface area (Å²) in [6, 6.07) is 0. The molecule has 8 heteroatoms. The molecule has 0 aromatic heterocycles. The van der Waals surface area contributed by atoms with Gasteiger partial charge in [-0.1, -0.05) is 0 Å². The van der Waals surface area contributed by atoms with Gasteiger partial charge in [0.05, 0.1) is 0 Å². The van der Waals surface area contributed by atoms with Gasteiger partial charge in [0.1, 0.15) is 0 Å². The van der Waals surface area contributed by atoms with E-state index in [0.717, 1.165) is 0 Å². The van der Waals surface area contributed by atoms with Crippen LogP contribution in [-0.2, 0) is 16.6 Å². The number of nitrogens with two attached hydrogens (primary N) is 1. The molecule has 10 heavy (non-hydrogen) atoms. The lowest BCUT2D eigenvalue weighted by molar-refractivity contribution is -0.119. The summed E-state index contributed by atoms with van der Waals surface area (Å²) in [5.41, 5.74) is 1.89. The molecule has 0 bridgehead atoms. The predicted molar refractivity (Wildman–Crippen MR) is 38.9 cm³/mol. The summed E-state index contributed by atoms with van der Waals surface area (Å²) >= 11 is 3.60. The van der Waals surface area contributed by atoms with Gasteiger partial charge in [0.2, 0.25) is 5.91 Å². The molecule has 0 saturated heterocycles. The highest BCUT2D eigenvalue weighted by molar-refractivity contribution is 8.06. The van der Waals surface area contributed by atoms with Crippen molar-refractivity contribution in [1.82, 2.24) is 5.43 Å². The molecule has 0 spiro atoms. The third-order valence-electron chi connectivity index (χ3n) is 0.203. The molecule has 0 unspecified atom stereocenters. The van der Waals surface area contributed by atoms with E-state index in [1.165, 1.54) is 6.92 Å². The minimum absolute atomic E-state index is 0.218. The Morgan fingerprint density at radius 2 is 1.70 bits per heavy atom. The third kappa shape index (κ3) is 100. The second kappa shape index (κ2) is 5.72. The zero-order chi connectivity index (χ0) is 8.78. The van der Waals surface area contributed by atoms with E-state index in [-0.39, 0.29) is 5.91 Å². The van der Waals surface area contributed by atoms with E-state index in [1.54, 1.807) is 0 Å². The molecular weight excluding hydrogens is 179 g/mol. The Balaban J connectivity index is 0. The second-order valence-corrected chi connectivity index (χ2v) is 3.71. The third-order valence-corrected chi connectivity index (χ3v) is 0.203. The van der Waals surface area contributed by atoms with Crippen LogP contribution in [0.15, 0.2) is 0 Å². The molecular formula is C2H9N2O4PS. The van der Waals surface area contributed by atoms with Crippen LogP contribution in [0.4, 0.5) is 0 Å². The van der Waals surface area contributed by atoms with Gasteiger partial charge in [-0.3, -0.25) is 10.2 Å². The Morgan fingerprint density at radius 3 is 1.70 bits per heavy atom. The zero-order valence-corrected chi connectivity index (χ0v) is 6.89. The predicted octanol–water partition coefficient (Wildman–Crippen LogP) is -1.82. The molecule has 0 rings (SSSR count). The van der Waals surface area contributed by atoms with Gasteiger partial charge in [0.15, 0.2) is 0 Å². The van der Waals surface area contributed by atoms with E-state index in [0.29, 0.717) is 0 Å². The summed E-state index contributed by atoms with van der Waals surface area (Å²) in [5.74, 6) is 4.35. The molecule has 0 aliphatic heterocycles. The second-order valence-electron chi connectivity index (χ2n) is 1.21. The van der Waals surface area contributed by atoms with Gasteiger partial charge in [0.25, 0.3) is 0 Å². The first-order valence-corrected chi connectivity index (χ1v) is 4.69. The fourth-order valence-electron chi connectivity index (χ4n) is 0. The quantitative estimate of drug-likeness (QED) is 0.132. The van der Waals surface area contributed by atoms with E-state index < -0.39 is 6.72 Å². The van der Waals surface area contributed by atoms with Gasteiger partial charge in [-0.05, 0) is 11.8 Å². The normalized spacial score (nSPS) is 9.30. The lowest BCUT2D eigenvalue weighted by Gasteiger charge is -1.88. The Labute approximate surface area is 62.9 Å². The van der Waals surface area contributed by atoms with Crippen LogP contribution in [0.3, 0.4) is 0 Å². The van der Waals surface area contributed by atoms with E-state index >= 15 is 0 Å². The highest BCUT2D eigenvalue weighted by atomic mass is 32.5. The van der Waals surface area contributed by atoms with Gasteiger partial charge in [-0.15, -0.1) is 0 Å². The molecule has 0 aliphatic carbocycles. The van der Waals surface area contributed by atoms with Crippen LogP contribution in [0.25, 0.3) is 0 Å². The van der Waals surface area contributed by atoms with E-state index in [9.17, 15) is 4.79 Å². The highest BCUT2D eigenvalue weighted by Crippen LogP contribution is 2.26. The Bertz CT molecular complexity index is 136. The van der Waals surface area contributed by atoms with Gasteiger partial charge < -0.3 is 14.7 Å². The van der Waals surface area contributed by atoms with E-state index in [2.05, 4.69) is 17.6 Å². The monoisotopic (exact) mass is 188 g/mol. The maximum Gasteiger partial charge on any atom is 0.319 e. The molecule has 6 N–H and O–H groups in total.